The van der Waals surface area contributed by atoms with Crippen LogP contribution in [0, 0.1) is 5.92 Å². The molecule has 1 aromatic rings. The summed E-state index contributed by atoms with van der Waals surface area (Å²) < 4.78 is 5.69. The number of anilines is 1. The minimum atomic E-state index is -0.456. The van der Waals surface area contributed by atoms with Crippen LogP contribution in [0.2, 0.25) is 0 Å². The second-order valence-corrected chi connectivity index (χ2v) is 4.84. The van der Waals surface area contributed by atoms with Gasteiger partial charge in [0.05, 0.1) is 23.2 Å². The molecule has 1 atom stereocenters. The largest absolute Gasteiger partial charge is 0.481 e. The van der Waals surface area contributed by atoms with Crippen molar-refractivity contribution in [3.05, 3.63) is 16.7 Å². The normalized spacial score (nSPS) is 19.1. The SMILES string of the molecule is COc1cc(N2CC(C(N)=O)CC2=O)c(Br)cn1. The summed E-state index contributed by atoms with van der Waals surface area (Å²) in [5.74, 6) is -0.622. The average Bonchev–Trinajstić information content (AvgIpc) is 2.72. The lowest BCUT2D eigenvalue weighted by atomic mass is 10.1. The van der Waals surface area contributed by atoms with Gasteiger partial charge in [-0.05, 0) is 15.9 Å². The Bertz CT molecular complexity index is 506. The first-order valence-electron chi connectivity index (χ1n) is 5.32. The number of nitrogens with two attached hydrogens (primary N) is 1. The summed E-state index contributed by atoms with van der Waals surface area (Å²) in [6.45, 7) is 0.292. The molecule has 1 saturated heterocycles. The van der Waals surface area contributed by atoms with Crippen LogP contribution in [0.5, 0.6) is 5.88 Å². The second kappa shape index (κ2) is 4.93. The molecule has 0 radical (unpaired) electrons. The van der Waals surface area contributed by atoms with Crippen molar-refractivity contribution in [2.45, 2.75) is 6.42 Å². The zero-order chi connectivity index (χ0) is 13.3. The van der Waals surface area contributed by atoms with E-state index in [-0.39, 0.29) is 12.3 Å². The first kappa shape index (κ1) is 12.8. The van der Waals surface area contributed by atoms with Gasteiger partial charge >= 0.3 is 0 Å². The summed E-state index contributed by atoms with van der Waals surface area (Å²) >= 11 is 3.33. The Morgan fingerprint density at radius 3 is 2.94 bits per heavy atom. The average molecular weight is 314 g/mol. The molecule has 96 valence electrons. The standard InChI is InChI=1S/C11H12BrN3O3/c1-18-9-3-8(7(12)4-14-9)15-5-6(11(13)17)2-10(15)16/h3-4,6H,2,5H2,1H3,(H2,13,17). The number of nitrogens with zero attached hydrogens (tertiary/aromatic N) is 2. The molecule has 0 bridgehead atoms. The molecule has 1 fully saturated rings. The molecule has 0 saturated carbocycles. The van der Waals surface area contributed by atoms with Gasteiger partial charge < -0.3 is 15.4 Å². The van der Waals surface area contributed by atoms with E-state index in [1.54, 1.807) is 12.3 Å². The highest BCUT2D eigenvalue weighted by Crippen LogP contribution is 2.33. The van der Waals surface area contributed by atoms with Gasteiger partial charge in [-0.1, -0.05) is 0 Å². The number of hydrogen-bond acceptors (Lipinski definition) is 4. The molecular weight excluding hydrogens is 302 g/mol. The first-order chi connectivity index (χ1) is 8.52. The highest BCUT2D eigenvalue weighted by Gasteiger charge is 2.34. The maximum atomic E-state index is 11.9. The van der Waals surface area contributed by atoms with E-state index in [2.05, 4.69) is 20.9 Å². The molecular formula is C11H12BrN3O3. The minimum Gasteiger partial charge on any atom is -0.481 e. The van der Waals surface area contributed by atoms with E-state index in [0.717, 1.165) is 0 Å². The number of primary amides is 1. The predicted molar refractivity (Wildman–Crippen MR) is 68.1 cm³/mol. The smallest absolute Gasteiger partial charge is 0.227 e. The molecule has 2 N–H and O–H groups in total. The van der Waals surface area contributed by atoms with Crippen molar-refractivity contribution in [3.63, 3.8) is 0 Å². The van der Waals surface area contributed by atoms with Gasteiger partial charge in [0.25, 0.3) is 0 Å². The fourth-order valence-electron chi connectivity index (χ4n) is 1.86. The molecule has 1 unspecified atom stereocenters. The van der Waals surface area contributed by atoms with Crippen molar-refractivity contribution >= 4 is 33.4 Å². The topological polar surface area (TPSA) is 85.5 Å². The van der Waals surface area contributed by atoms with Gasteiger partial charge in [0, 0.05) is 25.2 Å². The highest BCUT2D eigenvalue weighted by molar-refractivity contribution is 9.10. The highest BCUT2D eigenvalue weighted by atomic mass is 79.9. The van der Waals surface area contributed by atoms with E-state index in [4.69, 9.17) is 10.5 Å². The minimum absolute atomic E-state index is 0.132. The molecule has 2 amide bonds. The van der Waals surface area contributed by atoms with E-state index in [1.165, 1.54) is 12.0 Å². The third kappa shape index (κ3) is 2.31. The number of rotatable bonds is 3. The maximum Gasteiger partial charge on any atom is 0.227 e. The van der Waals surface area contributed by atoms with Crippen molar-refractivity contribution in [2.24, 2.45) is 11.7 Å². The Balaban J connectivity index is 2.32. The number of hydrogen-bond donors (Lipinski definition) is 1. The molecule has 1 aromatic heterocycles. The Kier molecular flexibility index (Phi) is 3.51. The molecule has 2 rings (SSSR count). The maximum absolute atomic E-state index is 11.9. The van der Waals surface area contributed by atoms with Crippen LogP contribution in [0.1, 0.15) is 6.42 Å². The number of methoxy groups -OCH3 is 1. The van der Waals surface area contributed by atoms with Crippen LogP contribution in [0.25, 0.3) is 0 Å². The van der Waals surface area contributed by atoms with Crippen molar-refractivity contribution < 1.29 is 14.3 Å². The monoisotopic (exact) mass is 313 g/mol. The predicted octanol–water partition coefficient (Wildman–Crippen LogP) is 0.691. The molecule has 0 spiro atoms. The van der Waals surface area contributed by atoms with Gasteiger partial charge in [-0.25, -0.2) is 4.98 Å². The summed E-state index contributed by atoms with van der Waals surface area (Å²) in [4.78, 5) is 28.5. The van der Waals surface area contributed by atoms with Gasteiger partial charge in [0.1, 0.15) is 0 Å². The Labute approximate surface area is 112 Å². The molecule has 0 aliphatic carbocycles. The summed E-state index contributed by atoms with van der Waals surface area (Å²) in [6.07, 6.45) is 1.70. The van der Waals surface area contributed by atoms with Crippen molar-refractivity contribution in [1.29, 1.82) is 0 Å². The van der Waals surface area contributed by atoms with Crippen LogP contribution in [0.4, 0.5) is 5.69 Å². The van der Waals surface area contributed by atoms with Gasteiger partial charge in [0.2, 0.25) is 17.7 Å². The summed E-state index contributed by atoms with van der Waals surface area (Å²) in [5, 5.41) is 0. The number of carbonyl (C=O) groups is 2. The number of ether oxygens (including phenoxy) is 1. The van der Waals surface area contributed by atoms with E-state index in [9.17, 15) is 9.59 Å². The van der Waals surface area contributed by atoms with Crippen LogP contribution >= 0.6 is 15.9 Å². The molecule has 2 heterocycles. The molecule has 7 heteroatoms. The second-order valence-electron chi connectivity index (χ2n) is 3.99. The van der Waals surface area contributed by atoms with Crippen molar-refractivity contribution in [1.82, 2.24) is 4.98 Å². The van der Waals surface area contributed by atoms with Crippen LogP contribution in [-0.4, -0.2) is 30.5 Å². The molecule has 0 aromatic carbocycles. The third-order valence-corrected chi connectivity index (χ3v) is 3.45. The molecule has 1 aliphatic rings. The van der Waals surface area contributed by atoms with Crippen LogP contribution in [-0.2, 0) is 9.59 Å². The van der Waals surface area contributed by atoms with E-state index in [1.807, 2.05) is 0 Å². The lowest BCUT2D eigenvalue weighted by Gasteiger charge is -2.18. The van der Waals surface area contributed by atoms with E-state index >= 15 is 0 Å². The summed E-state index contributed by atoms with van der Waals surface area (Å²) in [6, 6.07) is 1.64. The number of aromatic nitrogens is 1. The van der Waals surface area contributed by atoms with Gasteiger partial charge in [-0.3, -0.25) is 9.59 Å². The van der Waals surface area contributed by atoms with Crippen molar-refractivity contribution in [3.8, 4) is 5.88 Å². The first-order valence-corrected chi connectivity index (χ1v) is 6.11. The quantitative estimate of drug-likeness (QED) is 0.889. The number of halogens is 1. The summed E-state index contributed by atoms with van der Waals surface area (Å²) in [7, 11) is 1.50. The lowest BCUT2D eigenvalue weighted by molar-refractivity contribution is -0.123. The number of carbonyl (C=O) groups excluding carboxylic acids is 2. The van der Waals surface area contributed by atoms with Gasteiger partial charge in [0.15, 0.2) is 0 Å². The zero-order valence-electron chi connectivity index (χ0n) is 9.72. The summed E-state index contributed by atoms with van der Waals surface area (Å²) in [5.41, 5.74) is 5.86. The zero-order valence-corrected chi connectivity index (χ0v) is 11.3. The van der Waals surface area contributed by atoms with Crippen LogP contribution in [0.15, 0.2) is 16.7 Å². The van der Waals surface area contributed by atoms with E-state index in [0.29, 0.717) is 22.6 Å². The molecule has 6 nitrogen and oxygen atoms in total. The van der Waals surface area contributed by atoms with Gasteiger partial charge in [-0.2, -0.15) is 0 Å². The fourth-order valence-corrected chi connectivity index (χ4v) is 2.29. The Morgan fingerprint density at radius 2 is 2.39 bits per heavy atom. The Morgan fingerprint density at radius 1 is 1.67 bits per heavy atom. The van der Waals surface area contributed by atoms with Crippen LogP contribution in [0.3, 0.4) is 0 Å². The third-order valence-electron chi connectivity index (χ3n) is 2.84. The lowest BCUT2D eigenvalue weighted by Crippen LogP contribution is -2.28. The van der Waals surface area contributed by atoms with Gasteiger partial charge in [-0.15, -0.1) is 0 Å². The van der Waals surface area contributed by atoms with Crippen molar-refractivity contribution in [2.75, 3.05) is 18.6 Å². The molecule has 1 aliphatic heterocycles. The number of pyridine rings is 1. The fraction of sp³-hybridized carbons (Fsp3) is 0.364. The van der Waals surface area contributed by atoms with Crippen LogP contribution < -0.4 is 15.4 Å². The number of amides is 2. The van der Waals surface area contributed by atoms with E-state index < -0.39 is 11.8 Å². The molecule has 18 heavy (non-hydrogen) atoms. The Hall–Kier alpha value is -1.63.